The van der Waals surface area contributed by atoms with E-state index >= 15 is 0 Å². The fourth-order valence-electron chi connectivity index (χ4n) is 0.860. The van der Waals surface area contributed by atoms with Gasteiger partial charge >= 0.3 is 5.97 Å². The van der Waals surface area contributed by atoms with Crippen LogP contribution in [0, 0.1) is 0 Å². The van der Waals surface area contributed by atoms with Gasteiger partial charge in [-0.3, -0.25) is 0 Å². The first kappa shape index (κ1) is 6.51. The van der Waals surface area contributed by atoms with E-state index in [-0.39, 0.29) is 6.04 Å². The summed E-state index contributed by atoms with van der Waals surface area (Å²) in [5, 5.41) is 8.38. The van der Waals surface area contributed by atoms with Gasteiger partial charge in [-0.2, -0.15) is 0 Å². The zero-order chi connectivity index (χ0) is 6.85. The second-order valence-electron chi connectivity index (χ2n) is 2.08. The van der Waals surface area contributed by atoms with Crippen LogP contribution in [0.25, 0.3) is 0 Å². The normalized spacial score (nSPS) is 34.8. The van der Waals surface area contributed by atoms with Crippen molar-refractivity contribution in [3.8, 4) is 0 Å². The number of rotatable bonds is 1. The van der Waals surface area contributed by atoms with E-state index in [1.807, 2.05) is 0 Å². The summed E-state index contributed by atoms with van der Waals surface area (Å²) >= 11 is 0. The molecule has 0 bridgehead atoms. The summed E-state index contributed by atoms with van der Waals surface area (Å²) in [5.41, 5.74) is 5.37. The van der Waals surface area contributed by atoms with E-state index in [0.717, 1.165) is 0 Å². The van der Waals surface area contributed by atoms with Crippen molar-refractivity contribution >= 4 is 5.97 Å². The molecule has 0 aromatic heterocycles. The average molecular weight is 131 g/mol. The Kier molecular flexibility index (Phi) is 1.68. The Balaban J connectivity index is 2.49. The first-order chi connectivity index (χ1) is 4.22. The third-order valence-electron chi connectivity index (χ3n) is 1.38. The molecule has 0 radical (unpaired) electrons. The maximum Gasteiger partial charge on any atom is 0.334 e. The summed E-state index contributed by atoms with van der Waals surface area (Å²) in [6, 6.07) is -0.317. The van der Waals surface area contributed by atoms with Gasteiger partial charge in [0.2, 0.25) is 0 Å². The summed E-state index contributed by atoms with van der Waals surface area (Å²) in [5.74, 6) is -0.958. The Labute approximate surface area is 52.6 Å². The molecule has 0 aromatic carbocycles. The van der Waals surface area contributed by atoms with Crippen molar-refractivity contribution in [3.05, 3.63) is 0 Å². The lowest BCUT2D eigenvalue weighted by molar-refractivity contribution is -0.147. The molecule has 0 aliphatic carbocycles. The Bertz CT molecular complexity index is 125. The Morgan fingerprint density at radius 1 is 1.78 bits per heavy atom. The van der Waals surface area contributed by atoms with Gasteiger partial charge in [-0.15, -0.1) is 0 Å². The number of carboxylic acids is 1. The van der Waals surface area contributed by atoms with Crippen LogP contribution in [0.2, 0.25) is 0 Å². The molecule has 0 spiro atoms. The third kappa shape index (κ3) is 1.20. The molecule has 0 saturated carbocycles. The maximum absolute atomic E-state index is 10.2. The van der Waals surface area contributed by atoms with E-state index < -0.39 is 12.1 Å². The van der Waals surface area contributed by atoms with Gasteiger partial charge in [0.25, 0.3) is 0 Å². The lowest BCUT2D eigenvalue weighted by atomic mass is 10.2. The summed E-state index contributed by atoms with van der Waals surface area (Å²) < 4.78 is 4.80. The van der Waals surface area contributed by atoms with E-state index in [0.29, 0.717) is 13.0 Å². The number of hydrogen-bond donors (Lipinski definition) is 2. The van der Waals surface area contributed by atoms with Crippen LogP contribution in [0.15, 0.2) is 0 Å². The molecule has 2 unspecified atom stereocenters. The molecule has 1 fully saturated rings. The number of aliphatic carboxylic acids is 1. The van der Waals surface area contributed by atoms with E-state index in [2.05, 4.69) is 0 Å². The minimum Gasteiger partial charge on any atom is -0.479 e. The molecule has 9 heavy (non-hydrogen) atoms. The number of ether oxygens (including phenoxy) is 1. The van der Waals surface area contributed by atoms with Crippen LogP contribution in [0.1, 0.15) is 6.42 Å². The average Bonchev–Trinajstić information content (AvgIpc) is 2.13. The highest BCUT2D eigenvalue weighted by Gasteiger charge is 2.30. The van der Waals surface area contributed by atoms with Crippen molar-refractivity contribution in [2.75, 3.05) is 6.61 Å². The zero-order valence-electron chi connectivity index (χ0n) is 4.91. The van der Waals surface area contributed by atoms with Crippen molar-refractivity contribution < 1.29 is 14.6 Å². The highest BCUT2D eigenvalue weighted by atomic mass is 16.5. The molecule has 52 valence electrons. The molecule has 4 heteroatoms. The molecule has 0 aromatic rings. The minimum absolute atomic E-state index is 0.317. The standard InChI is InChI=1S/C5H9NO3/c6-3-1-2-9-4(3)5(7)8/h3-4H,1-2,6H2,(H,7,8). The van der Waals surface area contributed by atoms with Crippen molar-refractivity contribution in [2.45, 2.75) is 18.6 Å². The molecule has 1 aliphatic heterocycles. The summed E-state index contributed by atoms with van der Waals surface area (Å²) in [6.07, 6.45) is -0.123. The number of hydrogen-bond acceptors (Lipinski definition) is 3. The lowest BCUT2D eigenvalue weighted by Crippen LogP contribution is -2.36. The number of carbonyl (C=O) groups is 1. The maximum atomic E-state index is 10.2. The van der Waals surface area contributed by atoms with Crippen molar-refractivity contribution in [1.29, 1.82) is 0 Å². The van der Waals surface area contributed by atoms with Crippen molar-refractivity contribution in [1.82, 2.24) is 0 Å². The molecule has 1 heterocycles. The number of nitrogens with two attached hydrogens (primary N) is 1. The second-order valence-corrected chi connectivity index (χ2v) is 2.08. The van der Waals surface area contributed by atoms with Crippen LogP contribution in [-0.2, 0) is 9.53 Å². The highest BCUT2D eigenvalue weighted by Crippen LogP contribution is 2.10. The van der Waals surface area contributed by atoms with Crippen LogP contribution in [0.5, 0.6) is 0 Å². The zero-order valence-corrected chi connectivity index (χ0v) is 4.91. The fraction of sp³-hybridized carbons (Fsp3) is 0.800. The predicted octanol–water partition coefficient (Wildman–Crippen LogP) is -0.813. The topological polar surface area (TPSA) is 72.5 Å². The van der Waals surface area contributed by atoms with Gasteiger partial charge in [-0.1, -0.05) is 0 Å². The number of carboxylic acid groups (broad SMARTS) is 1. The van der Waals surface area contributed by atoms with Crippen molar-refractivity contribution in [2.24, 2.45) is 5.73 Å². The minimum atomic E-state index is -0.958. The quantitative estimate of drug-likeness (QED) is 0.488. The summed E-state index contributed by atoms with van der Waals surface area (Å²) in [4.78, 5) is 10.2. The molecule has 3 N–H and O–H groups in total. The third-order valence-corrected chi connectivity index (χ3v) is 1.38. The van der Waals surface area contributed by atoms with Crippen LogP contribution < -0.4 is 5.73 Å². The molecule has 1 aliphatic rings. The smallest absolute Gasteiger partial charge is 0.334 e. The van der Waals surface area contributed by atoms with Gasteiger partial charge in [0, 0.05) is 12.6 Å². The van der Waals surface area contributed by atoms with Gasteiger partial charge in [0.15, 0.2) is 6.10 Å². The largest absolute Gasteiger partial charge is 0.479 e. The Hall–Kier alpha value is -0.610. The molecular formula is C5H9NO3. The molecule has 0 amide bonds. The lowest BCUT2D eigenvalue weighted by Gasteiger charge is -2.06. The van der Waals surface area contributed by atoms with Gasteiger partial charge in [0.1, 0.15) is 0 Å². The van der Waals surface area contributed by atoms with E-state index in [1.54, 1.807) is 0 Å². The van der Waals surface area contributed by atoms with E-state index in [1.165, 1.54) is 0 Å². The molecular weight excluding hydrogens is 122 g/mol. The van der Waals surface area contributed by atoms with Gasteiger partial charge < -0.3 is 15.6 Å². The first-order valence-electron chi connectivity index (χ1n) is 2.82. The molecule has 1 rings (SSSR count). The monoisotopic (exact) mass is 131 g/mol. The van der Waals surface area contributed by atoms with Crippen LogP contribution >= 0.6 is 0 Å². The van der Waals surface area contributed by atoms with Gasteiger partial charge in [-0.05, 0) is 6.42 Å². The van der Waals surface area contributed by atoms with Crippen LogP contribution in [0.4, 0.5) is 0 Å². The Morgan fingerprint density at radius 2 is 2.44 bits per heavy atom. The molecule has 2 atom stereocenters. The second kappa shape index (κ2) is 2.33. The Morgan fingerprint density at radius 3 is 2.67 bits per heavy atom. The SMILES string of the molecule is NC1CCOC1C(=O)O. The van der Waals surface area contributed by atoms with Crippen LogP contribution in [-0.4, -0.2) is 29.8 Å². The fourth-order valence-corrected chi connectivity index (χ4v) is 0.860. The molecule has 1 saturated heterocycles. The molecule has 4 nitrogen and oxygen atoms in total. The van der Waals surface area contributed by atoms with Gasteiger partial charge in [-0.25, -0.2) is 4.79 Å². The first-order valence-corrected chi connectivity index (χ1v) is 2.82. The predicted molar refractivity (Wildman–Crippen MR) is 30.0 cm³/mol. The van der Waals surface area contributed by atoms with Crippen molar-refractivity contribution in [3.63, 3.8) is 0 Å². The van der Waals surface area contributed by atoms with E-state index in [4.69, 9.17) is 15.6 Å². The summed E-state index contributed by atoms with van der Waals surface area (Å²) in [7, 11) is 0. The summed E-state index contributed by atoms with van der Waals surface area (Å²) in [6.45, 7) is 0.470. The van der Waals surface area contributed by atoms with Crippen LogP contribution in [0.3, 0.4) is 0 Å². The van der Waals surface area contributed by atoms with E-state index in [9.17, 15) is 4.79 Å². The van der Waals surface area contributed by atoms with Gasteiger partial charge in [0.05, 0.1) is 0 Å². The highest BCUT2D eigenvalue weighted by molar-refractivity contribution is 5.73.